The van der Waals surface area contributed by atoms with E-state index in [1.54, 1.807) is 0 Å². The van der Waals surface area contributed by atoms with Gasteiger partial charge < -0.3 is 20.5 Å². The lowest BCUT2D eigenvalue weighted by Crippen LogP contribution is -2.53. The van der Waals surface area contributed by atoms with E-state index in [2.05, 4.69) is 28.6 Å². The van der Waals surface area contributed by atoms with Crippen LogP contribution >= 0.6 is 0 Å². The van der Waals surface area contributed by atoms with Crippen LogP contribution in [0.25, 0.3) is 10.9 Å². The number of rotatable bonds is 5. The Bertz CT molecular complexity index is 818. The largest absolute Gasteiger partial charge is 0.361 e. The number of hydrogen-bond donors (Lipinski definition) is 3. The number of fused-ring (bicyclic) bond motifs is 1. The van der Waals surface area contributed by atoms with E-state index in [-0.39, 0.29) is 18.0 Å². The molecule has 0 bridgehead atoms. The molecule has 3 N–H and O–H groups in total. The zero-order valence-electron chi connectivity index (χ0n) is 15.8. The summed E-state index contributed by atoms with van der Waals surface area (Å²) in [6.45, 7) is 3.78. The summed E-state index contributed by atoms with van der Waals surface area (Å²) < 4.78 is 0. The smallest absolute Gasteiger partial charge is 0.315 e. The van der Waals surface area contributed by atoms with E-state index >= 15 is 0 Å². The van der Waals surface area contributed by atoms with Crippen LogP contribution in [0.1, 0.15) is 38.2 Å². The van der Waals surface area contributed by atoms with Crippen LogP contribution in [-0.2, 0) is 11.2 Å². The molecule has 4 rings (SSSR count). The highest BCUT2D eigenvalue weighted by atomic mass is 16.2. The quantitative estimate of drug-likeness (QED) is 0.759. The number of nitrogens with zero attached hydrogens (tertiary/aromatic N) is 1. The number of likely N-dealkylation sites (tertiary alicyclic amines) is 1. The number of H-pyrrole nitrogens is 1. The van der Waals surface area contributed by atoms with Crippen LogP contribution in [0.4, 0.5) is 4.79 Å². The second-order valence-corrected chi connectivity index (χ2v) is 8.02. The van der Waals surface area contributed by atoms with Gasteiger partial charge in [0.05, 0.1) is 0 Å². The summed E-state index contributed by atoms with van der Waals surface area (Å²) >= 11 is 0. The molecule has 27 heavy (non-hydrogen) atoms. The molecule has 2 aromatic rings. The summed E-state index contributed by atoms with van der Waals surface area (Å²) in [6, 6.07) is 7.55. The van der Waals surface area contributed by atoms with Crippen molar-refractivity contribution >= 4 is 22.8 Å². The number of carbonyl (C=O) groups is 2. The first-order valence-electron chi connectivity index (χ1n) is 10.0. The molecule has 144 valence electrons. The van der Waals surface area contributed by atoms with Crippen molar-refractivity contribution in [3.8, 4) is 0 Å². The van der Waals surface area contributed by atoms with Crippen LogP contribution in [0.3, 0.4) is 0 Å². The molecule has 2 fully saturated rings. The van der Waals surface area contributed by atoms with E-state index in [0.717, 1.165) is 55.2 Å². The molecule has 2 aliphatic rings. The van der Waals surface area contributed by atoms with Crippen LogP contribution in [0.2, 0.25) is 0 Å². The number of carbonyl (C=O) groups excluding carboxylic acids is 2. The Labute approximate surface area is 159 Å². The van der Waals surface area contributed by atoms with Gasteiger partial charge in [0, 0.05) is 42.7 Å². The molecule has 1 aromatic carbocycles. The number of piperidine rings is 1. The minimum absolute atomic E-state index is 0.0260. The zero-order chi connectivity index (χ0) is 18.8. The number of urea groups is 1. The molecule has 2 heterocycles. The number of amides is 3. The summed E-state index contributed by atoms with van der Waals surface area (Å²) in [4.78, 5) is 30.7. The normalized spacial score (nSPS) is 19.1. The van der Waals surface area contributed by atoms with Crippen molar-refractivity contribution in [2.45, 2.75) is 51.1 Å². The molecule has 0 spiro atoms. The number of nitrogens with one attached hydrogen (secondary N) is 3. The number of hydrogen-bond acceptors (Lipinski definition) is 2. The van der Waals surface area contributed by atoms with Gasteiger partial charge in [-0.05, 0) is 43.2 Å². The Kier molecular flexibility index (Phi) is 5.05. The molecular weight excluding hydrogens is 340 g/mol. The standard InChI is InChI=1S/C21H28N4O2/c1-14-8-10-25(11-9-14)20(26)19(24-21(27)23-16-6-7-16)12-15-13-22-18-5-3-2-4-17(15)18/h2-5,13-14,16,19,22H,6-12H2,1H3,(H2,23,24,27)/t19-/m0/s1. The average Bonchev–Trinajstić information content (AvgIpc) is 3.39. The van der Waals surface area contributed by atoms with Crippen molar-refractivity contribution in [3.63, 3.8) is 0 Å². The number of aromatic nitrogens is 1. The number of aromatic amines is 1. The highest BCUT2D eigenvalue weighted by Gasteiger charge is 2.31. The van der Waals surface area contributed by atoms with Crippen molar-refractivity contribution in [2.75, 3.05) is 13.1 Å². The van der Waals surface area contributed by atoms with Crippen LogP contribution in [-0.4, -0.2) is 47.0 Å². The fourth-order valence-electron chi connectivity index (χ4n) is 3.78. The van der Waals surface area contributed by atoms with Gasteiger partial charge in [-0.2, -0.15) is 0 Å². The Morgan fingerprint density at radius 2 is 1.93 bits per heavy atom. The molecule has 1 aliphatic heterocycles. The lowest BCUT2D eigenvalue weighted by atomic mass is 9.97. The van der Waals surface area contributed by atoms with Gasteiger partial charge in [-0.25, -0.2) is 4.79 Å². The first-order chi connectivity index (χ1) is 13.1. The van der Waals surface area contributed by atoms with Crippen LogP contribution in [0, 0.1) is 5.92 Å². The SMILES string of the molecule is CC1CCN(C(=O)[C@H](Cc2c[nH]c3ccccc23)NC(=O)NC2CC2)CC1. The molecular formula is C21H28N4O2. The molecule has 1 aromatic heterocycles. The van der Waals surface area contributed by atoms with E-state index in [1.165, 1.54) is 0 Å². The highest BCUT2D eigenvalue weighted by Crippen LogP contribution is 2.22. The minimum Gasteiger partial charge on any atom is -0.361 e. The number of benzene rings is 1. The monoisotopic (exact) mass is 368 g/mol. The fourth-order valence-corrected chi connectivity index (χ4v) is 3.78. The number of para-hydroxylation sites is 1. The molecule has 0 unspecified atom stereocenters. The van der Waals surface area contributed by atoms with Gasteiger partial charge in [-0.1, -0.05) is 25.1 Å². The maximum Gasteiger partial charge on any atom is 0.315 e. The Hall–Kier alpha value is -2.50. The van der Waals surface area contributed by atoms with E-state index in [4.69, 9.17) is 0 Å². The van der Waals surface area contributed by atoms with Gasteiger partial charge >= 0.3 is 6.03 Å². The van der Waals surface area contributed by atoms with Crippen LogP contribution < -0.4 is 10.6 Å². The molecule has 6 heteroatoms. The highest BCUT2D eigenvalue weighted by molar-refractivity contribution is 5.89. The Morgan fingerprint density at radius 3 is 2.67 bits per heavy atom. The van der Waals surface area contributed by atoms with Crippen molar-refractivity contribution in [1.82, 2.24) is 20.5 Å². The lowest BCUT2D eigenvalue weighted by Gasteiger charge is -2.33. The summed E-state index contributed by atoms with van der Waals surface area (Å²) in [5, 5.41) is 6.99. The van der Waals surface area contributed by atoms with Gasteiger partial charge in [-0.15, -0.1) is 0 Å². The van der Waals surface area contributed by atoms with Crippen molar-refractivity contribution in [3.05, 3.63) is 36.0 Å². The molecule has 6 nitrogen and oxygen atoms in total. The van der Waals surface area contributed by atoms with E-state index in [9.17, 15) is 9.59 Å². The maximum atomic E-state index is 13.2. The zero-order valence-corrected chi connectivity index (χ0v) is 15.8. The topological polar surface area (TPSA) is 77.2 Å². The van der Waals surface area contributed by atoms with Gasteiger partial charge in [0.15, 0.2) is 0 Å². The fraction of sp³-hybridized carbons (Fsp3) is 0.524. The minimum atomic E-state index is -0.545. The first-order valence-corrected chi connectivity index (χ1v) is 10.0. The molecule has 1 saturated carbocycles. The van der Waals surface area contributed by atoms with Gasteiger partial charge in [0.1, 0.15) is 6.04 Å². The van der Waals surface area contributed by atoms with Crippen molar-refractivity contribution in [1.29, 1.82) is 0 Å². The second kappa shape index (κ2) is 7.62. The third kappa shape index (κ3) is 4.26. The van der Waals surface area contributed by atoms with Crippen LogP contribution in [0.5, 0.6) is 0 Å². The summed E-state index contributed by atoms with van der Waals surface area (Å²) in [5.74, 6) is 0.686. The Balaban J connectivity index is 1.51. The molecule has 0 radical (unpaired) electrons. The lowest BCUT2D eigenvalue weighted by molar-refractivity contribution is -0.134. The molecule has 1 saturated heterocycles. The Morgan fingerprint density at radius 1 is 1.19 bits per heavy atom. The average molecular weight is 368 g/mol. The van der Waals surface area contributed by atoms with Gasteiger partial charge in [0.25, 0.3) is 0 Å². The molecule has 3 amide bonds. The van der Waals surface area contributed by atoms with Gasteiger partial charge in [0.2, 0.25) is 5.91 Å². The van der Waals surface area contributed by atoms with E-state index < -0.39 is 6.04 Å². The predicted molar refractivity (Wildman–Crippen MR) is 105 cm³/mol. The molecule has 1 aliphatic carbocycles. The molecule has 1 atom stereocenters. The maximum absolute atomic E-state index is 13.2. The summed E-state index contributed by atoms with van der Waals surface area (Å²) in [5.41, 5.74) is 2.11. The summed E-state index contributed by atoms with van der Waals surface area (Å²) in [6.07, 6.45) is 6.55. The van der Waals surface area contributed by atoms with Crippen molar-refractivity contribution < 1.29 is 9.59 Å². The predicted octanol–water partition coefficient (Wildman–Crippen LogP) is 2.80. The third-order valence-electron chi connectivity index (χ3n) is 5.71. The second-order valence-electron chi connectivity index (χ2n) is 8.02. The van der Waals surface area contributed by atoms with Crippen molar-refractivity contribution in [2.24, 2.45) is 5.92 Å². The first kappa shape index (κ1) is 17.9. The third-order valence-corrected chi connectivity index (χ3v) is 5.71. The van der Waals surface area contributed by atoms with E-state index in [0.29, 0.717) is 12.3 Å². The van der Waals surface area contributed by atoms with Crippen LogP contribution in [0.15, 0.2) is 30.5 Å². The summed E-state index contributed by atoms with van der Waals surface area (Å²) in [7, 11) is 0. The van der Waals surface area contributed by atoms with Gasteiger partial charge in [-0.3, -0.25) is 4.79 Å². The van der Waals surface area contributed by atoms with E-state index in [1.807, 2.05) is 29.3 Å².